The van der Waals surface area contributed by atoms with E-state index in [4.69, 9.17) is 34.8 Å². The van der Waals surface area contributed by atoms with Crippen molar-refractivity contribution in [3.63, 3.8) is 0 Å². The molecular weight excluding hydrogens is 511 g/mol. The first-order valence-corrected chi connectivity index (χ1v) is 13.4. The molecule has 0 aliphatic carbocycles. The van der Waals surface area contributed by atoms with Gasteiger partial charge < -0.3 is 4.90 Å². The van der Waals surface area contributed by atoms with Gasteiger partial charge in [-0.05, 0) is 63.0 Å². The van der Waals surface area contributed by atoms with Gasteiger partial charge in [0, 0.05) is 22.7 Å². The van der Waals surface area contributed by atoms with E-state index in [-0.39, 0.29) is 6.04 Å². The van der Waals surface area contributed by atoms with Crippen molar-refractivity contribution in [3.8, 4) is 0 Å². The smallest absolute Gasteiger partial charge is 0.325 e. The summed E-state index contributed by atoms with van der Waals surface area (Å²) in [7, 11) is -3.45. The third kappa shape index (κ3) is 4.57. The minimum atomic E-state index is -3.45. The Kier molecular flexibility index (Phi) is 6.60. The van der Waals surface area contributed by atoms with Crippen LogP contribution in [0.4, 0.5) is 5.69 Å². The van der Waals surface area contributed by atoms with Crippen LogP contribution in [0.2, 0.25) is 15.1 Å². The second kappa shape index (κ2) is 9.50. The SMILES string of the molecule is O=[S+](O)(c1ccc2ccccc2c1)N1CCN(c2ccc(Cl)cc2Cl)C(c2ccc(Cl)cc2)C1. The zero-order chi connectivity index (χ0) is 23.9. The fourth-order valence-electron chi connectivity index (χ4n) is 4.44. The van der Waals surface area contributed by atoms with E-state index in [1.807, 2.05) is 60.7 Å². The summed E-state index contributed by atoms with van der Waals surface area (Å²) in [5.74, 6) is 0. The Morgan fingerprint density at radius 2 is 1.50 bits per heavy atom. The first kappa shape index (κ1) is 23.6. The molecule has 8 heteroatoms. The van der Waals surface area contributed by atoms with Crippen LogP contribution in [0.1, 0.15) is 11.6 Å². The van der Waals surface area contributed by atoms with Gasteiger partial charge in [0.05, 0.1) is 29.8 Å². The molecule has 1 fully saturated rings. The molecule has 0 aromatic heterocycles. The second-order valence-electron chi connectivity index (χ2n) is 8.25. The quantitative estimate of drug-likeness (QED) is 0.275. The van der Waals surface area contributed by atoms with E-state index in [0.29, 0.717) is 39.6 Å². The van der Waals surface area contributed by atoms with Gasteiger partial charge in [-0.1, -0.05) is 75.5 Å². The van der Waals surface area contributed by atoms with Gasteiger partial charge in [0.15, 0.2) is 0 Å². The number of anilines is 1. The number of rotatable bonds is 4. The standard InChI is InChI=1S/C26H21Cl3N2O2S/c27-21-8-5-19(6-9-21)26-17-30(13-14-31(26)25-12-10-22(28)16-24(25)29)34(32,33)23-11-7-18-3-1-2-4-20(18)15-23/h1-12,15-16,26H,13-14,17H2/p+1. The number of fused-ring (bicyclic) bond motifs is 1. The predicted molar refractivity (Wildman–Crippen MR) is 142 cm³/mol. The summed E-state index contributed by atoms with van der Waals surface area (Å²) in [5.41, 5.74) is 1.81. The topological polar surface area (TPSA) is 43.8 Å². The highest BCUT2D eigenvalue weighted by molar-refractivity contribution is 7.95. The van der Waals surface area contributed by atoms with E-state index in [9.17, 15) is 8.76 Å². The first-order valence-electron chi connectivity index (χ1n) is 10.8. The molecule has 1 N–H and O–H groups in total. The molecule has 0 amide bonds. The lowest BCUT2D eigenvalue weighted by Crippen LogP contribution is -2.52. The Morgan fingerprint density at radius 1 is 0.794 bits per heavy atom. The number of halogens is 3. The molecule has 4 nitrogen and oxygen atoms in total. The molecule has 2 unspecified atom stereocenters. The lowest BCUT2D eigenvalue weighted by atomic mass is 10.0. The van der Waals surface area contributed by atoms with Crippen LogP contribution >= 0.6 is 34.8 Å². The van der Waals surface area contributed by atoms with Gasteiger partial charge in [-0.3, -0.25) is 0 Å². The van der Waals surface area contributed by atoms with Crippen LogP contribution in [0.15, 0.2) is 89.8 Å². The maximum Gasteiger partial charge on any atom is 0.325 e. The summed E-state index contributed by atoms with van der Waals surface area (Å²) in [6.07, 6.45) is 0. The van der Waals surface area contributed by atoms with Gasteiger partial charge in [-0.15, -0.1) is 0 Å². The molecule has 2 atom stereocenters. The number of hydrogen-bond donors (Lipinski definition) is 1. The Balaban J connectivity index is 1.52. The Bertz CT molecular complexity index is 1400. The van der Waals surface area contributed by atoms with Crippen LogP contribution < -0.4 is 4.90 Å². The molecule has 4 aromatic carbocycles. The van der Waals surface area contributed by atoms with Gasteiger partial charge in [-0.2, -0.15) is 4.55 Å². The molecule has 4 aromatic rings. The van der Waals surface area contributed by atoms with E-state index in [1.165, 1.54) is 0 Å². The average molecular weight is 533 g/mol. The Labute approximate surface area is 215 Å². The van der Waals surface area contributed by atoms with E-state index in [2.05, 4.69) is 4.90 Å². The van der Waals surface area contributed by atoms with Crippen molar-refractivity contribution in [1.82, 2.24) is 4.31 Å². The van der Waals surface area contributed by atoms with Gasteiger partial charge in [0.25, 0.3) is 0 Å². The van der Waals surface area contributed by atoms with Gasteiger partial charge in [-0.25, -0.2) is 0 Å². The van der Waals surface area contributed by atoms with Crippen molar-refractivity contribution < 1.29 is 8.76 Å². The summed E-state index contributed by atoms with van der Waals surface area (Å²) in [4.78, 5) is 2.56. The van der Waals surface area contributed by atoms with E-state index in [0.717, 1.165) is 22.0 Å². The number of benzene rings is 4. The molecular formula is C26H22Cl3N2O2S+. The lowest BCUT2D eigenvalue weighted by molar-refractivity contribution is 0.309. The normalized spacial score (nSPS) is 18.7. The minimum Gasteiger partial charge on any atom is -0.360 e. The summed E-state index contributed by atoms with van der Waals surface area (Å²) in [6.45, 7) is 1.24. The third-order valence-electron chi connectivity index (χ3n) is 6.19. The van der Waals surface area contributed by atoms with Crippen molar-refractivity contribution in [2.75, 3.05) is 24.5 Å². The molecule has 1 aliphatic heterocycles. The van der Waals surface area contributed by atoms with Crippen molar-refractivity contribution in [2.24, 2.45) is 0 Å². The second-order valence-corrected chi connectivity index (χ2v) is 11.5. The highest BCUT2D eigenvalue weighted by Crippen LogP contribution is 2.39. The van der Waals surface area contributed by atoms with E-state index in [1.54, 1.807) is 28.6 Å². The zero-order valence-electron chi connectivity index (χ0n) is 18.1. The monoisotopic (exact) mass is 531 g/mol. The van der Waals surface area contributed by atoms with Crippen molar-refractivity contribution in [3.05, 3.63) is 106 Å². The lowest BCUT2D eigenvalue weighted by Gasteiger charge is -2.41. The summed E-state index contributed by atoms with van der Waals surface area (Å²) >= 11 is 18.8. The maximum absolute atomic E-state index is 13.8. The number of piperazine rings is 1. The highest BCUT2D eigenvalue weighted by atomic mass is 35.5. The van der Waals surface area contributed by atoms with Crippen LogP contribution in [0.3, 0.4) is 0 Å². The Morgan fingerprint density at radius 3 is 2.24 bits per heavy atom. The third-order valence-corrected chi connectivity index (χ3v) is 8.88. The van der Waals surface area contributed by atoms with Crippen molar-refractivity contribution >= 4 is 61.7 Å². The summed E-state index contributed by atoms with van der Waals surface area (Å²) < 4.78 is 26.7. The molecule has 174 valence electrons. The van der Waals surface area contributed by atoms with Crippen LogP contribution in [-0.4, -0.2) is 28.5 Å². The molecule has 1 heterocycles. The van der Waals surface area contributed by atoms with Crippen LogP contribution in [0, 0.1) is 0 Å². The zero-order valence-corrected chi connectivity index (χ0v) is 21.2. The maximum atomic E-state index is 13.8. The highest BCUT2D eigenvalue weighted by Gasteiger charge is 2.44. The largest absolute Gasteiger partial charge is 0.360 e. The molecule has 0 spiro atoms. The minimum absolute atomic E-state index is 0.210. The average Bonchev–Trinajstić information content (AvgIpc) is 2.84. The summed E-state index contributed by atoms with van der Waals surface area (Å²) in [5, 5.41) is 3.70. The summed E-state index contributed by atoms with van der Waals surface area (Å²) in [6, 6.07) is 26.0. The fourth-order valence-corrected chi connectivity index (χ4v) is 6.58. The molecule has 0 saturated carbocycles. The molecule has 0 radical (unpaired) electrons. The van der Waals surface area contributed by atoms with Crippen LogP contribution in [-0.2, 0) is 14.6 Å². The van der Waals surface area contributed by atoms with Crippen molar-refractivity contribution in [1.29, 1.82) is 0 Å². The van der Waals surface area contributed by atoms with Gasteiger partial charge >= 0.3 is 10.4 Å². The molecule has 0 bridgehead atoms. The van der Waals surface area contributed by atoms with Gasteiger partial charge in [0.1, 0.15) is 0 Å². The molecule has 34 heavy (non-hydrogen) atoms. The molecule has 5 rings (SSSR count). The fraction of sp³-hybridized carbons (Fsp3) is 0.154. The number of nitrogens with zero attached hydrogens (tertiary/aromatic N) is 2. The van der Waals surface area contributed by atoms with Crippen molar-refractivity contribution in [2.45, 2.75) is 10.9 Å². The van der Waals surface area contributed by atoms with E-state index < -0.39 is 10.4 Å². The van der Waals surface area contributed by atoms with E-state index >= 15 is 0 Å². The number of hydrogen-bond acceptors (Lipinski definition) is 2. The Hall–Kier alpha value is -2.12. The molecule has 1 aliphatic rings. The first-order chi connectivity index (χ1) is 16.3. The van der Waals surface area contributed by atoms with Crippen LogP contribution in [0.5, 0.6) is 0 Å². The van der Waals surface area contributed by atoms with Gasteiger partial charge in [0.2, 0.25) is 4.90 Å². The van der Waals surface area contributed by atoms with Crippen LogP contribution in [0.25, 0.3) is 10.8 Å². The molecule has 1 saturated heterocycles. The predicted octanol–water partition coefficient (Wildman–Crippen LogP) is 7.61.